The summed E-state index contributed by atoms with van der Waals surface area (Å²) in [4.78, 5) is 32.7. The van der Waals surface area contributed by atoms with Gasteiger partial charge in [-0.2, -0.15) is 0 Å². The Kier molecular flexibility index (Phi) is 4.18. The van der Waals surface area contributed by atoms with E-state index in [0.717, 1.165) is 0 Å². The van der Waals surface area contributed by atoms with E-state index < -0.39 is 9.85 Å². The summed E-state index contributed by atoms with van der Waals surface area (Å²) in [5.74, 6) is 0. The fourth-order valence-electron chi connectivity index (χ4n) is 2.76. The third-order valence-electron chi connectivity index (χ3n) is 3.91. The van der Waals surface area contributed by atoms with E-state index in [-0.39, 0.29) is 11.4 Å². The van der Waals surface area contributed by atoms with Crippen LogP contribution in [0.5, 0.6) is 0 Å². The quantitative estimate of drug-likeness (QED) is 0.613. The van der Waals surface area contributed by atoms with Gasteiger partial charge in [-0.15, -0.1) is 0 Å². The highest BCUT2D eigenvalue weighted by Crippen LogP contribution is 2.31. The number of aromatic nitrogens is 2. The van der Waals surface area contributed by atoms with Gasteiger partial charge in [0, 0.05) is 38.6 Å². The molecule has 124 valence electrons. The van der Waals surface area contributed by atoms with E-state index in [1.165, 1.54) is 24.8 Å². The zero-order valence-electron chi connectivity index (χ0n) is 12.6. The Morgan fingerprint density at radius 2 is 1.17 bits per heavy atom. The summed E-state index contributed by atoms with van der Waals surface area (Å²) in [6, 6.07) is 3.23. The van der Waals surface area contributed by atoms with E-state index in [1.807, 2.05) is 9.80 Å². The Hall–Kier alpha value is -3.30. The van der Waals surface area contributed by atoms with Crippen LogP contribution in [0, 0.1) is 20.2 Å². The van der Waals surface area contributed by atoms with Crippen LogP contribution >= 0.6 is 0 Å². The predicted molar refractivity (Wildman–Crippen MR) is 86.2 cm³/mol. The first-order chi connectivity index (χ1) is 11.6. The highest BCUT2D eigenvalue weighted by atomic mass is 16.6. The summed E-state index contributed by atoms with van der Waals surface area (Å²) in [7, 11) is 0. The molecular formula is C14H14N6O4. The molecule has 0 amide bonds. The molecular weight excluding hydrogens is 316 g/mol. The van der Waals surface area contributed by atoms with E-state index >= 15 is 0 Å². The minimum absolute atomic E-state index is 0.0409. The van der Waals surface area contributed by atoms with Crippen molar-refractivity contribution in [1.29, 1.82) is 0 Å². The van der Waals surface area contributed by atoms with Crippen molar-refractivity contribution in [3.8, 4) is 0 Å². The van der Waals surface area contributed by atoms with Gasteiger partial charge in [-0.3, -0.25) is 30.2 Å². The average Bonchev–Trinajstić information content (AvgIpc) is 2.62. The summed E-state index contributed by atoms with van der Waals surface area (Å²) in [6.07, 6.45) is 5.50. The van der Waals surface area contributed by atoms with Gasteiger partial charge in [0.05, 0.1) is 9.85 Å². The number of pyridine rings is 2. The molecule has 10 nitrogen and oxygen atoms in total. The standard InChI is InChI=1S/C14H14N6O4/c21-19(22)13-9-15-3-1-11(13)17-5-7-18(8-6-17)12-2-4-16-10-14(12)20(23)24/h1-4,9-10H,5-8H2. The van der Waals surface area contributed by atoms with E-state index in [2.05, 4.69) is 9.97 Å². The van der Waals surface area contributed by atoms with E-state index in [9.17, 15) is 20.2 Å². The molecule has 0 spiro atoms. The van der Waals surface area contributed by atoms with Gasteiger partial charge in [0.2, 0.25) is 0 Å². The Morgan fingerprint density at radius 3 is 1.50 bits per heavy atom. The van der Waals surface area contributed by atoms with Crippen LogP contribution in [0.15, 0.2) is 36.9 Å². The fourth-order valence-corrected chi connectivity index (χ4v) is 2.76. The van der Waals surface area contributed by atoms with Gasteiger partial charge in [-0.05, 0) is 12.1 Å². The van der Waals surface area contributed by atoms with E-state index in [1.54, 1.807) is 12.1 Å². The van der Waals surface area contributed by atoms with Crippen LogP contribution in [-0.4, -0.2) is 46.0 Å². The smallest absolute Gasteiger partial charge is 0.310 e. The number of anilines is 2. The van der Waals surface area contributed by atoms with Crippen molar-refractivity contribution in [3.05, 3.63) is 57.1 Å². The minimum Gasteiger partial charge on any atom is -0.362 e. The third-order valence-corrected chi connectivity index (χ3v) is 3.91. The van der Waals surface area contributed by atoms with Crippen LogP contribution in [0.1, 0.15) is 0 Å². The lowest BCUT2D eigenvalue weighted by Crippen LogP contribution is -2.46. The normalized spacial score (nSPS) is 14.5. The second-order valence-corrected chi connectivity index (χ2v) is 5.22. The van der Waals surface area contributed by atoms with Gasteiger partial charge in [0.1, 0.15) is 23.8 Å². The van der Waals surface area contributed by atoms with Crippen LogP contribution in [0.4, 0.5) is 22.7 Å². The second-order valence-electron chi connectivity index (χ2n) is 5.22. The molecule has 0 unspecified atom stereocenters. The molecule has 10 heteroatoms. The molecule has 2 aromatic rings. The topological polar surface area (TPSA) is 119 Å². The van der Waals surface area contributed by atoms with E-state index in [0.29, 0.717) is 37.6 Å². The van der Waals surface area contributed by atoms with Crippen molar-refractivity contribution in [2.45, 2.75) is 0 Å². The van der Waals surface area contributed by atoms with Gasteiger partial charge in [0.25, 0.3) is 0 Å². The van der Waals surface area contributed by atoms with Crippen molar-refractivity contribution in [3.63, 3.8) is 0 Å². The first kappa shape index (κ1) is 15.6. The van der Waals surface area contributed by atoms with Gasteiger partial charge in [-0.25, -0.2) is 0 Å². The number of hydrogen-bond donors (Lipinski definition) is 0. The van der Waals surface area contributed by atoms with Crippen molar-refractivity contribution in [2.24, 2.45) is 0 Å². The molecule has 0 atom stereocenters. The Morgan fingerprint density at radius 1 is 0.792 bits per heavy atom. The largest absolute Gasteiger partial charge is 0.362 e. The molecule has 0 aromatic carbocycles. The lowest BCUT2D eigenvalue weighted by atomic mass is 10.2. The maximum absolute atomic E-state index is 11.1. The number of hydrogen-bond acceptors (Lipinski definition) is 8. The molecule has 2 aromatic heterocycles. The zero-order valence-corrected chi connectivity index (χ0v) is 12.6. The summed E-state index contributed by atoms with van der Waals surface area (Å²) < 4.78 is 0. The Bertz CT molecular complexity index is 710. The maximum Gasteiger partial charge on any atom is 0.310 e. The maximum atomic E-state index is 11.1. The molecule has 1 saturated heterocycles. The first-order valence-electron chi connectivity index (χ1n) is 7.24. The summed E-state index contributed by atoms with van der Waals surface area (Å²) in [6.45, 7) is 2.07. The van der Waals surface area contributed by atoms with Crippen molar-refractivity contribution in [1.82, 2.24) is 9.97 Å². The van der Waals surface area contributed by atoms with Crippen LogP contribution in [0.2, 0.25) is 0 Å². The van der Waals surface area contributed by atoms with Crippen molar-refractivity contribution >= 4 is 22.7 Å². The van der Waals surface area contributed by atoms with E-state index in [4.69, 9.17) is 0 Å². The Balaban J connectivity index is 1.78. The lowest BCUT2D eigenvalue weighted by molar-refractivity contribution is -0.384. The number of piperazine rings is 1. The number of nitro groups is 2. The molecule has 0 saturated carbocycles. The molecule has 1 aliphatic heterocycles. The van der Waals surface area contributed by atoms with Crippen LogP contribution in [-0.2, 0) is 0 Å². The van der Waals surface area contributed by atoms with Crippen LogP contribution < -0.4 is 9.80 Å². The molecule has 0 bridgehead atoms. The van der Waals surface area contributed by atoms with Crippen LogP contribution in [0.25, 0.3) is 0 Å². The third kappa shape index (κ3) is 2.93. The molecule has 0 N–H and O–H groups in total. The number of rotatable bonds is 4. The Labute approximate surface area is 136 Å². The second kappa shape index (κ2) is 6.44. The average molecular weight is 330 g/mol. The minimum atomic E-state index is -0.456. The fraction of sp³-hybridized carbons (Fsp3) is 0.286. The number of nitrogens with zero attached hydrogens (tertiary/aromatic N) is 6. The van der Waals surface area contributed by atoms with Gasteiger partial charge in [-0.1, -0.05) is 0 Å². The van der Waals surface area contributed by atoms with Crippen molar-refractivity contribution < 1.29 is 9.85 Å². The molecule has 0 aliphatic carbocycles. The van der Waals surface area contributed by atoms with Gasteiger partial charge in [0.15, 0.2) is 0 Å². The van der Waals surface area contributed by atoms with Gasteiger partial charge >= 0.3 is 11.4 Å². The predicted octanol–water partition coefficient (Wildman–Crippen LogP) is 1.62. The molecule has 0 radical (unpaired) electrons. The van der Waals surface area contributed by atoms with Crippen molar-refractivity contribution in [2.75, 3.05) is 36.0 Å². The highest BCUT2D eigenvalue weighted by molar-refractivity contribution is 5.65. The molecule has 3 rings (SSSR count). The summed E-state index contributed by atoms with van der Waals surface area (Å²) in [5.41, 5.74) is 0.944. The summed E-state index contributed by atoms with van der Waals surface area (Å²) in [5, 5.41) is 22.2. The summed E-state index contributed by atoms with van der Waals surface area (Å²) >= 11 is 0. The molecule has 24 heavy (non-hydrogen) atoms. The molecule has 1 aliphatic rings. The zero-order chi connectivity index (χ0) is 17.1. The SMILES string of the molecule is O=[N+]([O-])c1cnccc1N1CCN(c2ccncc2[N+](=O)[O-])CC1. The molecule has 1 fully saturated rings. The van der Waals surface area contributed by atoms with Crippen LogP contribution in [0.3, 0.4) is 0 Å². The first-order valence-corrected chi connectivity index (χ1v) is 7.24. The monoisotopic (exact) mass is 330 g/mol. The highest BCUT2D eigenvalue weighted by Gasteiger charge is 2.26. The molecule has 3 heterocycles. The van der Waals surface area contributed by atoms with Gasteiger partial charge < -0.3 is 9.80 Å². The lowest BCUT2D eigenvalue weighted by Gasteiger charge is -2.36.